The molecule has 162 valence electrons. The van der Waals surface area contributed by atoms with Gasteiger partial charge in [-0.15, -0.1) is 0 Å². The van der Waals surface area contributed by atoms with Crippen LogP contribution in [0.15, 0.2) is 47.4 Å². The van der Waals surface area contributed by atoms with Crippen LogP contribution in [-0.2, 0) is 26.0 Å². The van der Waals surface area contributed by atoms with Crippen LogP contribution in [0.1, 0.15) is 11.1 Å². The van der Waals surface area contributed by atoms with Crippen molar-refractivity contribution in [1.29, 1.82) is 0 Å². The quantitative estimate of drug-likeness (QED) is 0.619. The molecule has 7 nitrogen and oxygen atoms in total. The van der Waals surface area contributed by atoms with Crippen LogP contribution in [0.4, 0.5) is 10.1 Å². The molecule has 0 bridgehead atoms. The molecule has 0 saturated carbocycles. The molecule has 1 heterocycles. The van der Waals surface area contributed by atoms with Gasteiger partial charge in [0.25, 0.3) is 0 Å². The first kappa shape index (κ1) is 22.4. The number of amides is 1. The number of ether oxygens (including phenoxy) is 1. The molecule has 1 aliphatic heterocycles. The number of halogens is 1. The van der Waals surface area contributed by atoms with Gasteiger partial charge in [0.05, 0.1) is 24.7 Å². The van der Waals surface area contributed by atoms with Crippen LogP contribution < -0.4 is 10.6 Å². The Labute approximate surface area is 176 Å². The van der Waals surface area contributed by atoms with Gasteiger partial charge in [-0.3, -0.25) is 4.79 Å². The normalized spacial score (nSPS) is 15.1. The van der Waals surface area contributed by atoms with Crippen LogP contribution in [0, 0.1) is 12.7 Å². The van der Waals surface area contributed by atoms with Crippen molar-refractivity contribution in [3.8, 4) is 0 Å². The van der Waals surface area contributed by atoms with Crippen molar-refractivity contribution in [2.45, 2.75) is 18.2 Å². The lowest BCUT2D eigenvalue weighted by Gasteiger charge is -2.26. The van der Waals surface area contributed by atoms with E-state index in [1.54, 1.807) is 24.3 Å². The summed E-state index contributed by atoms with van der Waals surface area (Å²) >= 11 is 0. The van der Waals surface area contributed by atoms with Crippen molar-refractivity contribution in [2.75, 3.05) is 44.7 Å². The molecule has 0 aromatic heterocycles. The molecule has 1 amide bonds. The van der Waals surface area contributed by atoms with Crippen LogP contribution in [-0.4, -0.2) is 58.0 Å². The van der Waals surface area contributed by atoms with E-state index in [4.69, 9.17) is 4.74 Å². The van der Waals surface area contributed by atoms with Gasteiger partial charge in [-0.05, 0) is 55.3 Å². The third-order valence-corrected chi connectivity index (χ3v) is 6.77. The summed E-state index contributed by atoms with van der Waals surface area (Å²) in [6.45, 7) is 3.83. The third kappa shape index (κ3) is 5.85. The first-order valence-electron chi connectivity index (χ1n) is 9.80. The maximum absolute atomic E-state index is 12.9. The number of nitrogens with one attached hydrogen (secondary N) is 2. The summed E-state index contributed by atoms with van der Waals surface area (Å²) in [4.78, 5) is 12.4. The van der Waals surface area contributed by atoms with Gasteiger partial charge in [-0.2, -0.15) is 4.31 Å². The second kappa shape index (κ2) is 10.1. The zero-order valence-corrected chi connectivity index (χ0v) is 17.7. The van der Waals surface area contributed by atoms with Gasteiger partial charge >= 0.3 is 0 Å². The maximum Gasteiger partial charge on any atom is 0.243 e. The van der Waals surface area contributed by atoms with Gasteiger partial charge < -0.3 is 15.4 Å². The first-order valence-corrected chi connectivity index (χ1v) is 11.2. The Hall–Kier alpha value is -2.33. The first-order chi connectivity index (χ1) is 14.4. The highest BCUT2D eigenvalue weighted by Crippen LogP contribution is 2.23. The molecular weight excluding hydrogens is 409 g/mol. The zero-order valence-electron chi connectivity index (χ0n) is 16.9. The summed E-state index contributed by atoms with van der Waals surface area (Å²) in [5, 5.41) is 5.81. The molecule has 30 heavy (non-hydrogen) atoms. The average Bonchev–Trinajstić information content (AvgIpc) is 2.74. The second-order valence-corrected chi connectivity index (χ2v) is 9.03. The van der Waals surface area contributed by atoms with E-state index < -0.39 is 10.0 Å². The van der Waals surface area contributed by atoms with E-state index in [1.807, 2.05) is 6.92 Å². The molecule has 9 heteroatoms. The number of hydrogen-bond donors (Lipinski definition) is 2. The summed E-state index contributed by atoms with van der Waals surface area (Å²) in [7, 11) is -3.63. The van der Waals surface area contributed by atoms with Crippen molar-refractivity contribution in [1.82, 2.24) is 9.62 Å². The molecule has 0 spiro atoms. The summed E-state index contributed by atoms with van der Waals surface area (Å²) < 4.78 is 45.2. The molecule has 1 aliphatic rings. The molecule has 2 aromatic rings. The lowest BCUT2D eigenvalue weighted by Crippen LogP contribution is -2.40. The number of morpholine rings is 1. The smallest absolute Gasteiger partial charge is 0.243 e. The molecule has 2 N–H and O–H groups in total. The molecule has 0 radical (unpaired) electrons. The standard InChI is InChI=1S/C21H26FN3O4S/c1-16-2-7-19(30(27,28)25-10-12-29-13-11-25)14-20(16)24-21(26)15-23-9-8-17-3-5-18(22)6-4-17/h2-7,14,23H,8-13,15H2,1H3,(H,24,26). The highest BCUT2D eigenvalue weighted by Gasteiger charge is 2.26. The fraction of sp³-hybridized carbons (Fsp3) is 0.381. The Morgan fingerprint density at radius 1 is 1.13 bits per heavy atom. The number of anilines is 1. The third-order valence-electron chi connectivity index (χ3n) is 4.88. The van der Waals surface area contributed by atoms with Crippen LogP contribution in [0.3, 0.4) is 0 Å². The molecule has 0 unspecified atom stereocenters. The Balaban J connectivity index is 1.55. The number of benzene rings is 2. The summed E-state index contributed by atoms with van der Waals surface area (Å²) in [5.74, 6) is -0.544. The van der Waals surface area contributed by atoms with E-state index in [2.05, 4.69) is 10.6 Å². The average molecular weight is 436 g/mol. The van der Waals surface area contributed by atoms with Crippen LogP contribution in [0.25, 0.3) is 0 Å². The van der Waals surface area contributed by atoms with Crippen LogP contribution in [0.5, 0.6) is 0 Å². The topological polar surface area (TPSA) is 87.7 Å². The number of sulfonamides is 1. The van der Waals surface area contributed by atoms with Crippen molar-refractivity contribution < 1.29 is 22.3 Å². The largest absolute Gasteiger partial charge is 0.379 e. The van der Waals surface area contributed by atoms with Crippen molar-refractivity contribution in [3.63, 3.8) is 0 Å². The molecule has 1 saturated heterocycles. The number of rotatable bonds is 8. The number of aryl methyl sites for hydroxylation is 1. The summed E-state index contributed by atoms with van der Waals surface area (Å²) in [6.07, 6.45) is 0.667. The van der Waals surface area contributed by atoms with Crippen molar-refractivity contribution >= 4 is 21.6 Å². The Kier molecular flexibility index (Phi) is 7.54. The molecule has 0 atom stereocenters. The van der Waals surface area contributed by atoms with Crippen LogP contribution in [0.2, 0.25) is 0 Å². The zero-order chi connectivity index (χ0) is 21.6. The van der Waals surface area contributed by atoms with Crippen molar-refractivity contribution in [2.24, 2.45) is 0 Å². The van der Waals surface area contributed by atoms with Gasteiger partial charge in [0, 0.05) is 18.8 Å². The fourth-order valence-electron chi connectivity index (χ4n) is 3.11. The Morgan fingerprint density at radius 3 is 2.53 bits per heavy atom. The van der Waals surface area contributed by atoms with Gasteiger partial charge in [-0.25, -0.2) is 12.8 Å². The Bertz CT molecular complexity index is 974. The minimum absolute atomic E-state index is 0.0844. The highest BCUT2D eigenvalue weighted by molar-refractivity contribution is 7.89. The minimum atomic E-state index is -3.63. The predicted octanol–water partition coefficient (Wildman–Crippen LogP) is 1.93. The van der Waals surface area contributed by atoms with Gasteiger partial charge in [-0.1, -0.05) is 18.2 Å². The minimum Gasteiger partial charge on any atom is -0.379 e. The summed E-state index contributed by atoms with van der Waals surface area (Å²) in [6, 6.07) is 11.0. The molecule has 3 rings (SSSR count). The van der Waals surface area contributed by atoms with E-state index in [-0.39, 0.29) is 23.2 Å². The Morgan fingerprint density at radius 2 is 1.83 bits per heavy atom. The van der Waals surface area contributed by atoms with E-state index in [1.165, 1.54) is 22.5 Å². The molecule has 0 aliphatic carbocycles. The molecular formula is C21H26FN3O4S. The monoisotopic (exact) mass is 435 g/mol. The second-order valence-electron chi connectivity index (χ2n) is 7.09. The fourth-order valence-corrected chi connectivity index (χ4v) is 4.55. The SMILES string of the molecule is Cc1ccc(S(=O)(=O)N2CCOCC2)cc1NC(=O)CNCCc1ccc(F)cc1. The molecule has 1 fully saturated rings. The highest BCUT2D eigenvalue weighted by atomic mass is 32.2. The van der Waals surface area contributed by atoms with Crippen LogP contribution >= 0.6 is 0 Å². The number of nitrogens with zero attached hydrogens (tertiary/aromatic N) is 1. The number of carbonyl (C=O) groups is 1. The predicted molar refractivity (Wildman–Crippen MR) is 112 cm³/mol. The van der Waals surface area contributed by atoms with E-state index >= 15 is 0 Å². The van der Waals surface area contributed by atoms with E-state index in [0.717, 1.165) is 11.1 Å². The molecule has 2 aromatic carbocycles. The van der Waals surface area contributed by atoms with Gasteiger partial charge in [0.1, 0.15) is 5.82 Å². The summed E-state index contributed by atoms with van der Waals surface area (Å²) in [5.41, 5.74) is 2.21. The lowest BCUT2D eigenvalue weighted by atomic mass is 10.1. The van der Waals surface area contributed by atoms with Gasteiger partial charge in [0.2, 0.25) is 15.9 Å². The number of carbonyl (C=O) groups excluding carboxylic acids is 1. The van der Waals surface area contributed by atoms with Crippen molar-refractivity contribution in [3.05, 3.63) is 59.4 Å². The lowest BCUT2D eigenvalue weighted by molar-refractivity contribution is -0.115. The van der Waals surface area contributed by atoms with E-state index in [0.29, 0.717) is 45.0 Å². The number of hydrogen-bond acceptors (Lipinski definition) is 5. The maximum atomic E-state index is 12.9. The van der Waals surface area contributed by atoms with Gasteiger partial charge in [0.15, 0.2) is 0 Å². The van der Waals surface area contributed by atoms with E-state index in [9.17, 15) is 17.6 Å².